The third-order valence-corrected chi connectivity index (χ3v) is 2.19. The summed E-state index contributed by atoms with van der Waals surface area (Å²) in [6, 6.07) is 0. The van der Waals surface area contributed by atoms with E-state index in [1.54, 1.807) is 6.92 Å². The highest BCUT2D eigenvalue weighted by Gasteiger charge is 2.10. The Kier molecular flexibility index (Phi) is 7.20. The molecule has 0 aliphatic heterocycles. The van der Waals surface area contributed by atoms with Crippen molar-refractivity contribution >= 4 is 29.1 Å². The molecule has 0 bridgehead atoms. The fourth-order valence-electron chi connectivity index (χ4n) is 0.686. The molecule has 0 radical (unpaired) electrons. The van der Waals surface area contributed by atoms with Crippen molar-refractivity contribution < 1.29 is 9.63 Å². The Morgan fingerprint density at radius 1 is 1.75 bits per heavy atom. The molecule has 0 amide bonds. The molecule has 1 N–H and O–H groups in total. The second-order valence-corrected chi connectivity index (χ2v) is 4.21. The van der Waals surface area contributed by atoms with E-state index in [0.29, 0.717) is 16.9 Å². The van der Waals surface area contributed by atoms with Gasteiger partial charge in [0.1, 0.15) is 0 Å². The summed E-state index contributed by atoms with van der Waals surface area (Å²) in [5.41, 5.74) is 2.53. The van der Waals surface area contributed by atoms with Gasteiger partial charge in [-0.25, -0.2) is 0 Å². The van der Waals surface area contributed by atoms with E-state index in [9.17, 15) is 4.79 Å². The number of hydrogen-bond donors (Lipinski definition) is 1. The average Bonchev–Trinajstić information content (AvgIpc) is 2.03. The molecule has 4 heteroatoms. The molecule has 0 fully saturated rings. The van der Waals surface area contributed by atoms with Crippen molar-refractivity contribution in [3.05, 3.63) is 0 Å². The zero-order chi connectivity index (χ0) is 9.40. The highest BCUT2D eigenvalue weighted by Crippen LogP contribution is 2.10. The van der Waals surface area contributed by atoms with Crippen LogP contribution in [-0.4, -0.2) is 16.9 Å². The standard InChI is InChI=1S/C8H12INO2/c1-3-4-8(7(2)9)5-10-12-6-11/h6-8,10H,5H2,1-2H3. The second-order valence-electron chi connectivity index (χ2n) is 2.24. The van der Waals surface area contributed by atoms with Crippen molar-refractivity contribution in [3.63, 3.8) is 0 Å². The first-order valence-electron chi connectivity index (χ1n) is 3.60. The van der Waals surface area contributed by atoms with Crippen molar-refractivity contribution in [2.75, 3.05) is 6.54 Å². The minimum Gasteiger partial charge on any atom is -0.374 e. The largest absolute Gasteiger partial charge is 0.374 e. The summed E-state index contributed by atoms with van der Waals surface area (Å²) in [5.74, 6) is 6.08. The number of carbonyl (C=O) groups excluding carboxylic acids is 1. The quantitative estimate of drug-likeness (QED) is 0.205. The van der Waals surface area contributed by atoms with Gasteiger partial charge in [0.2, 0.25) is 0 Å². The van der Waals surface area contributed by atoms with E-state index < -0.39 is 0 Å². The fraction of sp³-hybridized carbons (Fsp3) is 0.625. The summed E-state index contributed by atoms with van der Waals surface area (Å²) in [6.07, 6.45) is 0. The Balaban J connectivity index is 3.76. The van der Waals surface area contributed by atoms with Gasteiger partial charge in [-0.2, -0.15) is 5.48 Å². The molecule has 12 heavy (non-hydrogen) atoms. The van der Waals surface area contributed by atoms with Crippen LogP contribution in [0, 0.1) is 17.8 Å². The van der Waals surface area contributed by atoms with E-state index in [1.165, 1.54) is 0 Å². The average molecular weight is 281 g/mol. The van der Waals surface area contributed by atoms with Crippen LogP contribution in [0.15, 0.2) is 0 Å². The third kappa shape index (κ3) is 5.38. The van der Waals surface area contributed by atoms with Crippen LogP contribution in [-0.2, 0) is 9.63 Å². The van der Waals surface area contributed by atoms with Gasteiger partial charge in [-0.15, -0.1) is 5.92 Å². The Morgan fingerprint density at radius 3 is 2.83 bits per heavy atom. The van der Waals surface area contributed by atoms with E-state index in [-0.39, 0.29) is 5.92 Å². The Hall–Kier alpha value is -0.280. The van der Waals surface area contributed by atoms with Gasteiger partial charge >= 0.3 is 6.47 Å². The molecular weight excluding hydrogens is 269 g/mol. The van der Waals surface area contributed by atoms with Crippen molar-refractivity contribution in [2.45, 2.75) is 17.8 Å². The van der Waals surface area contributed by atoms with Gasteiger partial charge in [-0.05, 0) is 6.92 Å². The molecule has 0 heterocycles. The zero-order valence-corrected chi connectivity index (χ0v) is 9.29. The lowest BCUT2D eigenvalue weighted by Crippen LogP contribution is -2.26. The van der Waals surface area contributed by atoms with Gasteiger partial charge in [-0.1, -0.05) is 35.4 Å². The van der Waals surface area contributed by atoms with Crippen LogP contribution in [0.2, 0.25) is 0 Å². The lowest BCUT2D eigenvalue weighted by molar-refractivity contribution is -0.135. The number of halogens is 1. The number of carbonyl (C=O) groups is 1. The Bertz CT molecular complexity index is 183. The molecule has 0 aromatic heterocycles. The first-order chi connectivity index (χ1) is 5.72. The van der Waals surface area contributed by atoms with Crippen LogP contribution in [0.5, 0.6) is 0 Å². The van der Waals surface area contributed by atoms with Crippen molar-refractivity contribution in [3.8, 4) is 11.8 Å². The molecule has 68 valence electrons. The molecule has 0 aliphatic rings. The Morgan fingerprint density at radius 2 is 2.42 bits per heavy atom. The van der Waals surface area contributed by atoms with E-state index in [1.807, 2.05) is 0 Å². The predicted molar refractivity (Wildman–Crippen MR) is 55.6 cm³/mol. The lowest BCUT2D eigenvalue weighted by Gasteiger charge is -2.12. The van der Waals surface area contributed by atoms with Crippen molar-refractivity contribution in [1.29, 1.82) is 0 Å². The number of alkyl halides is 1. The molecule has 0 saturated heterocycles. The summed E-state index contributed by atoms with van der Waals surface area (Å²) in [6.45, 7) is 4.81. The van der Waals surface area contributed by atoms with Crippen LogP contribution in [0.3, 0.4) is 0 Å². The van der Waals surface area contributed by atoms with Gasteiger partial charge in [0.15, 0.2) is 0 Å². The monoisotopic (exact) mass is 281 g/mol. The fourth-order valence-corrected chi connectivity index (χ4v) is 1.12. The highest BCUT2D eigenvalue weighted by atomic mass is 127. The van der Waals surface area contributed by atoms with Crippen molar-refractivity contribution in [1.82, 2.24) is 5.48 Å². The highest BCUT2D eigenvalue weighted by molar-refractivity contribution is 14.1. The second kappa shape index (κ2) is 7.37. The molecule has 0 aliphatic carbocycles. The summed E-state index contributed by atoms with van der Waals surface area (Å²) < 4.78 is 0.429. The van der Waals surface area contributed by atoms with Gasteiger partial charge in [0, 0.05) is 16.4 Å². The molecule has 0 saturated carbocycles. The van der Waals surface area contributed by atoms with Gasteiger partial charge in [-0.3, -0.25) is 4.79 Å². The van der Waals surface area contributed by atoms with Gasteiger partial charge in [0.05, 0.1) is 0 Å². The van der Waals surface area contributed by atoms with Crippen LogP contribution in [0.1, 0.15) is 13.8 Å². The van der Waals surface area contributed by atoms with Crippen LogP contribution in [0.4, 0.5) is 0 Å². The maximum Gasteiger partial charge on any atom is 0.312 e. The molecule has 2 atom stereocenters. The van der Waals surface area contributed by atoms with E-state index in [0.717, 1.165) is 0 Å². The van der Waals surface area contributed by atoms with E-state index in [2.05, 4.69) is 51.7 Å². The van der Waals surface area contributed by atoms with Gasteiger partial charge < -0.3 is 4.84 Å². The summed E-state index contributed by atoms with van der Waals surface area (Å²) in [5, 5.41) is 0. The molecular formula is C8H12INO2. The first-order valence-corrected chi connectivity index (χ1v) is 4.85. The number of nitrogens with one attached hydrogen (secondary N) is 1. The van der Waals surface area contributed by atoms with E-state index in [4.69, 9.17) is 0 Å². The van der Waals surface area contributed by atoms with Gasteiger partial charge in [0.25, 0.3) is 0 Å². The maximum absolute atomic E-state index is 9.79. The molecule has 3 nitrogen and oxygen atoms in total. The zero-order valence-electron chi connectivity index (χ0n) is 7.13. The van der Waals surface area contributed by atoms with Crippen LogP contribution < -0.4 is 5.48 Å². The SMILES string of the molecule is CC#CC(CNOC=O)C(C)I. The lowest BCUT2D eigenvalue weighted by atomic mass is 10.1. The molecule has 2 unspecified atom stereocenters. The minimum atomic E-state index is 0.218. The summed E-state index contributed by atoms with van der Waals surface area (Å²) in [7, 11) is 0. The Labute approximate surface area is 86.3 Å². The number of rotatable bonds is 5. The predicted octanol–water partition coefficient (Wildman–Crippen LogP) is 1.13. The maximum atomic E-state index is 9.79. The first kappa shape index (κ1) is 11.7. The smallest absolute Gasteiger partial charge is 0.312 e. The van der Waals surface area contributed by atoms with Crippen molar-refractivity contribution in [2.24, 2.45) is 5.92 Å². The molecule has 0 aromatic rings. The van der Waals surface area contributed by atoms with Crippen LogP contribution in [0.25, 0.3) is 0 Å². The molecule has 0 spiro atoms. The molecule has 0 rings (SSSR count). The minimum absolute atomic E-state index is 0.218. The normalized spacial score (nSPS) is 13.9. The topological polar surface area (TPSA) is 38.3 Å². The number of hydrogen-bond acceptors (Lipinski definition) is 3. The summed E-state index contributed by atoms with van der Waals surface area (Å²) >= 11 is 2.29. The summed E-state index contributed by atoms with van der Waals surface area (Å²) in [4.78, 5) is 14.2. The molecule has 0 aromatic carbocycles. The van der Waals surface area contributed by atoms with E-state index >= 15 is 0 Å². The van der Waals surface area contributed by atoms with Crippen LogP contribution >= 0.6 is 22.6 Å². The number of hydroxylamine groups is 1. The third-order valence-electron chi connectivity index (χ3n) is 1.32.